The van der Waals surface area contributed by atoms with Crippen LogP contribution in [0.15, 0.2) is 46.9 Å². The number of furan rings is 1. The number of benzene rings is 2. The van der Waals surface area contributed by atoms with Crippen molar-refractivity contribution in [3.63, 3.8) is 0 Å². The first-order valence-corrected chi connectivity index (χ1v) is 10.1. The van der Waals surface area contributed by atoms with Gasteiger partial charge in [-0.3, -0.25) is 4.79 Å². The highest BCUT2D eigenvalue weighted by Gasteiger charge is 2.19. The van der Waals surface area contributed by atoms with Crippen molar-refractivity contribution in [2.45, 2.75) is 51.9 Å². The highest BCUT2D eigenvalue weighted by molar-refractivity contribution is 6.03. The topological polar surface area (TPSA) is 59.7 Å². The van der Waals surface area contributed by atoms with E-state index >= 15 is 0 Å². The van der Waals surface area contributed by atoms with Gasteiger partial charge in [0.05, 0.1) is 12.7 Å². The molecule has 0 aliphatic carbocycles. The Hall–Kier alpha value is -2.75. The van der Waals surface area contributed by atoms with Gasteiger partial charge in [-0.2, -0.15) is 0 Å². The van der Waals surface area contributed by atoms with Gasteiger partial charge in [-0.1, -0.05) is 51.2 Å². The van der Waals surface area contributed by atoms with Crippen LogP contribution in [0.3, 0.4) is 0 Å². The molecule has 4 heteroatoms. The highest BCUT2D eigenvalue weighted by atomic mass is 16.5. The van der Waals surface area contributed by atoms with Crippen LogP contribution in [0.2, 0.25) is 0 Å². The first-order chi connectivity index (χ1) is 13.6. The number of hydrogen-bond acceptors (Lipinski definition) is 4. The maximum Gasteiger partial charge on any atom is 0.163 e. The Kier molecular flexibility index (Phi) is 6.75. The number of phenolic OH excluding ortho intramolecular Hbond substituents is 1. The monoisotopic (exact) mass is 380 g/mol. The SMILES string of the molecule is CCCCCCCCC(=O)c1cccc(O)c1-c1cc2ccc(OC)cc2o1. The first kappa shape index (κ1) is 20.0. The normalized spacial score (nSPS) is 11.1. The highest BCUT2D eigenvalue weighted by Crippen LogP contribution is 2.37. The summed E-state index contributed by atoms with van der Waals surface area (Å²) in [5.74, 6) is 1.29. The lowest BCUT2D eigenvalue weighted by molar-refractivity contribution is 0.0979. The minimum absolute atomic E-state index is 0.0411. The Morgan fingerprint density at radius 3 is 2.61 bits per heavy atom. The molecular formula is C24H28O4. The maximum absolute atomic E-state index is 12.8. The fourth-order valence-corrected chi connectivity index (χ4v) is 3.49. The molecule has 1 N–H and O–H groups in total. The van der Waals surface area contributed by atoms with Gasteiger partial charge in [0.1, 0.15) is 22.8 Å². The number of fused-ring (bicyclic) bond motifs is 1. The van der Waals surface area contributed by atoms with Crippen molar-refractivity contribution in [2.75, 3.05) is 7.11 Å². The van der Waals surface area contributed by atoms with Gasteiger partial charge in [-0.15, -0.1) is 0 Å². The molecule has 0 spiro atoms. The van der Waals surface area contributed by atoms with Crippen molar-refractivity contribution in [3.05, 3.63) is 48.0 Å². The number of methoxy groups -OCH3 is 1. The van der Waals surface area contributed by atoms with Crippen molar-refractivity contribution in [1.29, 1.82) is 0 Å². The number of carbonyl (C=O) groups is 1. The van der Waals surface area contributed by atoms with Crippen LogP contribution in [-0.4, -0.2) is 18.0 Å². The summed E-state index contributed by atoms with van der Waals surface area (Å²) in [5.41, 5.74) is 1.64. The molecule has 0 bridgehead atoms. The van der Waals surface area contributed by atoms with E-state index in [-0.39, 0.29) is 11.5 Å². The Labute approximate surface area is 166 Å². The molecule has 28 heavy (non-hydrogen) atoms. The molecule has 3 aromatic rings. The van der Waals surface area contributed by atoms with Crippen LogP contribution in [0.5, 0.6) is 11.5 Å². The van der Waals surface area contributed by atoms with Gasteiger partial charge in [0.2, 0.25) is 0 Å². The van der Waals surface area contributed by atoms with E-state index in [1.807, 2.05) is 18.2 Å². The van der Waals surface area contributed by atoms with Crippen molar-refractivity contribution in [3.8, 4) is 22.8 Å². The van der Waals surface area contributed by atoms with Crippen molar-refractivity contribution in [2.24, 2.45) is 0 Å². The van der Waals surface area contributed by atoms with Crippen LogP contribution in [0, 0.1) is 0 Å². The van der Waals surface area contributed by atoms with E-state index in [9.17, 15) is 9.90 Å². The summed E-state index contributed by atoms with van der Waals surface area (Å²) < 4.78 is 11.2. The molecule has 4 nitrogen and oxygen atoms in total. The third-order valence-electron chi connectivity index (χ3n) is 5.07. The third-order valence-corrected chi connectivity index (χ3v) is 5.07. The van der Waals surface area contributed by atoms with Gasteiger partial charge in [-0.25, -0.2) is 0 Å². The maximum atomic E-state index is 12.8. The lowest BCUT2D eigenvalue weighted by atomic mass is 9.97. The molecule has 0 aliphatic rings. The van der Waals surface area contributed by atoms with Crippen LogP contribution in [0.25, 0.3) is 22.3 Å². The van der Waals surface area contributed by atoms with Crippen LogP contribution >= 0.6 is 0 Å². The van der Waals surface area contributed by atoms with Gasteiger partial charge in [-0.05, 0) is 30.7 Å². The van der Waals surface area contributed by atoms with E-state index < -0.39 is 0 Å². The lowest BCUT2D eigenvalue weighted by Crippen LogP contribution is -2.01. The number of phenols is 1. The molecule has 0 atom stereocenters. The summed E-state index contributed by atoms with van der Waals surface area (Å²) in [7, 11) is 1.60. The summed E-state index contributed by atoms with van der Waals surface area (Å²) in [6, 6.07) is 12.5. The Bertz CT molecular complexity index is 939. The van der Waals surface area contributed by atoms with Crippen molar-refractivity contribution in [1.82, 2.24) is 0 Å². The zero-order valence-electron chi connectivity index (χ0n) is 16.7. The quantitative estimate of drug-likeness (QED) is 0.312. The molecule has 3 rings (SSSR count). The molecule has 0 radical (unpaired) electrons. The predicted octanol–water partition coefficient (Wildman–Crippen LogP) is 6.75. The van der Waals surface area contributed by atoms with Crippen molar-refractivity contribution >= 4 is 16.8 Å². The van der Waals surface area contributed by atoms with E-state index in [0.717, 1.165) is 18.2 Å². The van der Waals surface area contributed by atoms with Gasteiger partial charge in [0.25, 0.3) is 0 Å². The van der Waals surface area contributed by atoms with Crippen molar-refractivity contribution < 1.29 is 19.1 Å². The number of rotatable bonds is 10. The van der Waals surface area contributed by atoms with E-state index in [1.54, 1.807) is 31.4 Å². The lowest BCUT2D eigenvalue weighted by Gasteiger charge is -2.09. The smallest absolute Gasteiger partial charge is 0.163 e. The second-order valence-corrected chi connectivity index (χ2v) is 7.16. The summed E-state index contributed by atoms with van der Waals surface area (Å²) in [4.78, 5) is 12.8. The number of aromatic hydroxyl groups is 1. The molecule has 0 fully saturated rings. The Morgan fingerprint density at radius 1 is 1.04 bits per heavy atom. The largest absolute Gasteiger partial charge is 0.507 e. The molecule has 0 amide bonds. The zero-order valence-corrected chi connectivity index (χ0v) is 16.7. The Balaban J connectivity index is 1.81. The predicted molar refractivity (Wildman–Crippen MR) is 112 cm³/mol. The number of unbranched alkanes of at least 4 members (excludes halogenated alkanes) is 5. The molecular weight excluding hydrogens is 352 g/mol. The van der Waals surface area contributed by atoms with Crippen LogP contribution in [0.1, 0.15) is 62.2 Å². The standard InChI is InChI=1S/C24H28O4/c1-3-4-5-6-7-8-11-20(25)19-10-9-12-21(26)24(19)23-15-17-13-14-18(27-2)16-22(17)28-23/h9-10,12-16,26H,3-8,11H2,1-2H3. The molecule has 0 unspecified atom stereocenters. The Morgan fingerprint density at radius 2 is 1.82 bits per heavy atom. The van der Waals surface area contributed by atoms with Gasteiger partial charge >= 0.3 is 0 Å². The number of ether oxygens (including phenoxy) is 1. The van der Waals surface area contributed by atoms with E-state index in [0.29, 0.717) is 34.6 Å². The van der Waals surface area contributed by atoms with Gasteiger partial charge in [0, 0.05) is 23.4 Å². The van der Waals surface area contributed by atoms with E-state index in [1.165, 1.54) is 25.7 Å². The van der Waals surface area contributed by atoms with E-state index in [2.05, 4.69) is 6.92 Å². The summed E-state index contributed by atoms with van der Waals surface area (Å²) in [6.45, 7) is 2.20. The minimum atomic E-state index is 0.0411. The summed E-state index contributed by atoms with van der Waals surface area (Å²) in [5, 5.41) is 11.3. The first-order valence-electron chi connectivity index (χ1n) is 10.1. The summed E-state index contributed by atoms with van der Waals surface area (Å²) >= 11 is 0. The minimum Gasteiger partial charge on any atom is -0.507 e. The molecule has 0 saturated carbocycles. The number of carbonyl (C=O) groups excluding carboxylic acids is 1. The van der Waals surface area contributed by atoms with Gasteiger partial charge in [0.15, 0.2) is 5.78 Å². The van der Waals surface area contributed by atoms with Crippen LogP contribution < -0.4 is 4.74 Å². The molecule has 1 heterocycles. The fraction of sp³-hybridized carbons (Fsp3) is 0.375. The number of Topliss-reactive ketones (excluding diaryl/α,β-unsaturated/α-hetero) is 1. The average Bonchev–Trinajstić information content (AvgIpc) is 3.12. The fourth-order valence-electron chi connectivity index (χ4n) is 3.49. The number of hydrogen-bond donors (Lipinski definition) is 1. The molecule has 1 aromatic heterocycles. The van der Waals surface area contributed by atoms with Crippen LogP contribution in [-0.2, 0) is 0 Å². The second-order valence-electron chi connectivity index (χ2n) is 7.16. The molecule has 0 saturated heterocycles. The van der Waals surface area contributed by atoms with Crippen LogP contribution in [0.4, 0.5) is 0 Å². The molecule has 0 aliphatic heterocycles. The second kappa shape index (κ2) is 9.45. The third kappa shape index (κ3) is 4.56. The van der Waals surface area contributed by atoms with E-state index in [4.69, 9.17) is 9.15 Å². The summed E-state index contributed by atoms with van der Waals surface area (Å²) in [6.07, 6.45) is 7.27. The van der Waals surface area contributed by atoms with Gasteiger partial charge < -0.3 is 14.3 Å². The zero-order chi connectivity index (χ0) is 19.9. The molecule has 2 aromatic carbocycles. The molecule has 148 valence electrons. The average molecular weight is 380 g/mol. The number of ketones is 1.